The van der Waals surface area contributed by atoms with Gasteiger partial charge in [-0.1, -0.05) is 41.4 Å². The van der Waals surface area contributed by atoms with Crippen molar-refractivity contribution in [2.45, 2.75) is 12.7 Å². The number of aromatic carboxylic acids is 1. The Balaban J connectivity index is 1.56. The molecule has 1 saturated heterocycles. The summed E-state index contributed by atoms with van der Waals surface area (Å²) in [5.74, 6) is -2.48. The van der Waals surface area contributed by atoms with E-state index >= 15 is 0 Å². The average molecular weight is 611 g/mol. The van der Waals surface area contributed by atoms with Crippen LogP contribution in [0.5, 0.6) is 0 Å². The van der Waals surface area contributed by atoms with Gasteiger partial charge in [-0.25, -0.2) is 9.59 Å². The number of hydrogen-bond acceptors (Lipinski definition) is 5. The van der Waals surface area contributed by atoms with Crippen molar-refractivity contribution in [1.82, 2.24) is 10.2 Å². The summed E-state index contributed by atoms with van der Waals surface area (Å²) in [6.45, 7) is 2.09. The number of carbonyl (C=O) groups is 3. The van der Waals surface area contributed by atoms with Gasteiger partial charge in [0.05, 0.1) is 51.3 Å². The quantitative estimate of drug-likeness (QED) is 0.251. The Morgan fingerprint density at radius 3 is 2.20 bits per heavy atom. The SMILES string of the molecule is O=C(O)c1cc(Cl)c(Cl)cc1C(=O)Nc1cccc(C(F)(F)F)c1Nc1ccc(CNC(=O)N2CCOCC2)cc1. The second kappa shape index (κ2) is 12.7. The van der Waals surface area contributed by atoms with Gasteiger partial charge in [-0.05, 0) is 42.0 Å². The molecule has 0 unspecified atom stereocenters. The van der Waals surface area contributed by atoms with E-state index in [0.29, 0.717) is 31.9 Å². The number of para-hydroxylation sites is 1. The molecule has 1 fully saturated rings. The van der Waals surface area contributed by atoms with Crippen LogP contribution in [0.2, 0.25) is 10.0 Å². The molecule has 3 amide bonds. The molecule has 0 atom stereocenters. The summed E-state index contributed by atoms with van der Waals surface area (Å²) in [6.07, 6.45) is -4.79. The van der Waals surface area contributed by atoms with Gasteiger partial charge in [0, 0.05) is 25.3 Å². The molecular weight excluding hydrogens is 588 g/mol. The van der Waals surface area contributed by atoms with Gasteiger partial charge < -0.3 is 30.7 Å². The van der Waals surface area contributed by atoms with E-state index in [9.17, 15) is 32.7 Å². The molecule has 1 aliphatic heterocycles. The van der Waals surface area contributed by atoms with Gasteiger partial charge in [-0.15, -0.1) is 0 Å². The number of anilines is 3. The summed E-state index contributed by atoms with van der Waals surface area (Å²) < 4.78 is 47.0. The van der Waals surface area contributed by atoms with Crippen LogP contribution in [0, 0.1) is 0 Å². The lowest BCUT2D eigenvalue weighted by molar-refractivity contribution is -0.136. The lowest BCUT2D eigenvalue weighted by atomic mass is 10.1. The van der Waals surface area contributed by atoms with Crippen LogP contribution >= 0.6 is 23.2 Å². The first-order valence-corrected chi connectivity index (χ1v) is 12.9. The van der Waals surface area contributed by atoms with Crippen LogP contribution in [-0.2, 0) is 17.5 Å². The molecule has 0 aliphatic carbocycles. The van der Waals surface area contributed by atoms with E-state index in [4.69, 9.17) is 27.9 Å². The number of nitrogens with zero attached hydrogens (tertiary/aromatic N) is 1. The molecule has 0 saturated carbocycles. The Hall–Kier alpha value is -4.00. The molecule has 1 heterocycles. The van der Waals surface area contributed by atoms with E-state index in [0.717, 1.165) is 24.3 Å². The third kappa shape index (κ3) is 7.40. The van der Waals surface area contributed by atoms with Crippen molar-refractivity contribution in [3.8, 4) is 0 Å². The number of carboxylic acids is 1. The molecule has 0 bridgehead atoms. The number of carboxylic acid groups (broad SMARTS) is 1. The second-order valence-corrected chi connectivity index (χ2v) is 9.69. The number of morpholine rings is 1. The van der Waals surface area contributed by atoms with Crippen LogP contribution in [0.3, 0.4) is 0 Å². The van der Waals surface area contributed by atoms with Crippen molar-refractivity contribution in [3.63, 3.8) is 0 Å². The molecular formula is C27H23Cl2F3N4O5. The van der Waals surface area contributed by atoms with Crippen LogP contribution in [0.25, 0.3) is 0 Å². The molecule has 14 heteroatoms. The number of alkyl halides is 3. The zero-order valence-corrected chi connectivity index (χ0v) is 22.7. The summed E-state index contributed by atoms with van der Waals surface area (Å²) in [7, 11) is 0. The predicted molar refractivity (Wildman–Crippen MR) is 147 cm³/mol. The molecule has 9 nitrogen and oxygen atoms in total. The highest BCUT2D eigenvalue weighted by Gasteiger charge is 2.35. The lowest BCUT2D eigenvalue weighted by Crippen LogP contribution is -2.45. The van der Waals surface area contributed by atoms with Crippen molar-refractivity contribution in [3.05, 3.63) is 86.9 Å². The van der Waals surface area contributed by atoms with Crippen molar-refractivity contribution in [1.29, 1.82) is 0 Å². The van der Waals surface area contributed by atoms with Crippen LogP contribution < -0.4 is 16.0 Å². The third-order valence-electron chi connectivity index (χ3n) is 6.12. The van der Waals surface area contributed by atoms with Gasteiger partial charge in [0.25, 0.3) is 5.91 Å². The first-order valence-electron chi connectivity index (χ1n) is 12.1. The molecule has 3 aromatic rings. The molecule has 41 heavy (non-hydrogen) atoms. The number of rotatable bonds is 7. The lowest BCUT2D eigenvalue weighted by Gasteiger charge is -2.26. The maximum absolute atomic E-state index is 13.9. The number of halogens is 5. The highest BCUT2D eigenvalue weighted by molar-refractivity contribution is 6.42. The zero-order chi connectivity index (χ0) is 29.7. The van der Waals surface area contributed by atoms with Gasteiger partial charge in [0.2, 0.25) is 0 Å². The van der Waals surface area contributed by atoms with Gasteiger partial charge in [0.1, 0.15) is 0 Å². The Morgan fingerprint density at radius 1 is 0.951 bits per heavy atom. The van der Waals surface area contributed by atoms with E-state index in [2.05, 4.69) is 16.0 Å². The van der Waals surface area contributed by atoms with Gasteiger partial charge >= 0.3 is 18.2 Å². The summed E-state index contributed by atoms with van der Waals surface area (Å²) >= 11 is 11.8. The molecule has 1 aliphatic rings. The largest absolute Gasteiger partial charge is 0.478 e. The minimum absolute atomic E-state index is 0.105. The smallest absolute Gasteiger partial charge is 0.418 e. The van der Waals surface area contributed by atoms with Crippen molar-refractivity contribution in [2.75, 3.05) is 36.9 Å². The molecule has 3 aromatic carbocycles. The number of benzene rings is 3. The number of carbonyl (C=O) groups excluding carboxylic acids is 2. The minimum atomic E-state index is -4.79. The van der Waals surface area contributed by atoms with Crippen molar-refractivity contribution < 1.29 is 37.4 Å². The Kier molecular flexibility index (Phi) is 9.26. The first kappa shape index (κ1) is 30.0. The first-order chi connectivity index (χ1) is 19.4. The van der Waals surface area contributed by atoms with Crippen LogP contribution in [0.15, 0.2) is 54.6 Å². The molecule has 0 aromatic heterocycles. The van der Waals surface area contributed by atoms with E-state index in [1.165, 1.54) is 18.2 Å². The Bertz CT molecular complexity index is 1460. The monoisotopic (exact) mass is 610 g/mol. The predicted octanol–water partition coefficient (Wildman–Crippen LogP) is 6.25. The van der Waals surface area contributed by atoms with Crippen molar-refractivity contribution >= 4 is 58.2 Å². The maximum Gasteiger partial charge on any atom is 0.418 e. The van der Waals surface area contributed by atoms with E-state index in [-0.39, 0.29) is 34.0 Å². The molecule has 0 radical (unpaired) electrons. The number of nitrogens with one attached hydrogen (secondary N) is 3. The van der Waals surface area contributed by atoms with Crippen LogP contribution in [0.1, 0.15) is 31.8 Å². The van der Waals surface area contributed by atoms with E-state index < -0.39 is 40.4 Å². The van der Waals surface area contributed by atoms with Crippen LogP contribution in [0.4, 0.5) is 35.0 Å². The average Bonchev–Trinajstić information content (AvgIpc) is 2.94. The van der Waals surface area contributed by atoms with Gasteiger partial charge in [-0.2, -0.15) is 13.2 Å². The second-order valence-electron chi connectivity index (χ2n) is 8.88. The summed E-state index contributed by atoms with van der Waals surface area (Å²) in [4.78, 5) is 38.6. The third-order valence-corrected chi connectivity index (χ3v) is 6.84. The topological polar surface area (TPSA) is 120 Å². The fourth-order valence-electron chi connectivity index (χ4n) is 4.03. The summed E-state index contributed by atoms with van der Waals surface area (Å²) in [6, 6.07) is 11.3. The number of urea groups is 1. The molecule has 4 N–H and O–H groups in total. The fourth-order valence-corrected chi connectivity index (χ4v) is 4.36. The van der Waals surface area contributed by atoms with Crippen molar-refractivity contribution in [2.24, 2.45) is 0 Å². The Morgan fingerprint density at radius 2 is 1.59 bits per heavy atom. The van der Waals surface area contributed by atoms with Gasteiger partial charge in [-0.3, -0.25) is 4.79 Å². The molecule has 0 spiro atoms. The number of amides is 3. The minimum Gasteiger partial charge on any atom is -0.478 e. The van der Waals surface area contributed by atoms with E-state index in [1.54, 1.807) is 17.0 Å². The summed E-state index contributed by atoms with van der Waals surface area (Å²) in [5.41, 5.74) is -1.68. The highest BCUT2D eigenvalue weighted by atomic mass is 35.5. The summed E-state index contributed by atoms with van der Waals surface area (Å²) in [5, 5.41) is 17.1. The molecule has 4 rings (SSSR count). The van der Waals surface area contributed by atoms with E-state index in [1.807, 2.05) is 0 Å². The standard InChI is InChI=1S/C27H23Cl2F3N4O5/c28-20-12-17(18(25(38)39)13-21(20)29)24(37)35-22-3-1-2-19(27(30,31)32)23(22)34-16-6-4-15(5-7-16)14-33-26(40)36-8-10-41-11-9-36/h1-7,12-13,34H,8-11,14H2,(H,33,40)(H,35,37)(H,38,39). The zero-order valence-electron chi connectivity index (χ0n) is 21.1. The fraction of sp³-hybridized carbons (Fsp3) is 0.222. The molecule has 216 valence electrons. The number of ether oxygens (including phenoxy) is 1. The van der Waals surface area contributed by atoms with Crippen LogP contribution in [-0.4, -0.2) is 54.2 Å². The normalized spacial score (nSPS) is 13.4. The van der Waals surface area contributed by atoms with Gasteiger partial charge in [0.15, 0.2) is 0 Å². The highest BCUT2D eigenvalue weighted by Crippen LogP contribution is 2.40. The Labute approximate surface area is 242 Å². The number of hydrogen-bond donors (Lipinski definition) is 4. The maximum atomic E-state index is 13.9.